The second-order valence-corrected chi connectivity index (χ2v) is 7.00. The first-order chi connectivity index (χ1) is 10.7. The van der Waals surface area contributed by atoms with Crippen molar-refractivity contribution in [3.8, 4) is 0 Å². The van der Waals surface area contributed by atoms with E-state index in [0.29, 0.717) is 0 Å². The second-order valence-electron chi connectivity index (χ2n) is 5.65. The largest absolute Gasteiger partial charge is 0.344 e. The van der Waals surface area contributed by atoms with E-state index in [9.17, 15) is 0 Å². The Bertz CT molecular complexity index is 774. The molecule has 0 spiro atoms. The van der Waals surface area contributed by atoms with Gasteiger partial charge in [0.05, 0.1) is 0 Å². The van der Waals surface area contributed by atoms with Crippen LogP contribution < -0.4 is 0 Å². The zero-order chi connectivity index (χ0) is 15.5. The van der Waals surface area contributed by atoms with Gasteiger partial charge in [0.2, 0.25) is 0 Å². The summed E-state index contributed by atoms with van der Waals surface area (Å²) in [5.74, 6) is 0. The molecule has 0 radical (unpaired) electrons. The molecule has 114 valence electrons. The minimum absolute atomic E-state index is 0.801. The van der Waals surface area contributed by atoms with Crippen LogP contribution in [0.3, 0.4) is 0 Å². The maximum Gasteiger partial charge on any atom is 0.0483 e. The number of benzene rings is 2. The smallest absolute Gasteiger partial charge is 0.0483 e. The lowest BCUT2D eigenvalue weighted by Gasteiger charge is -2.10. The fourth-order valence-electron chi connectivity index (χ4n) is 2.84. The molecule has 1 aromatic heterocycles. The number of halogens is 2. The molecule has 0 saturated carbocycles. The zero-order valence-corrected chi connectivity index (χ0v) is 15.0. The van der Waals surface area contributed by atoms with Gasteiger partial charge < -0.3 is 4.57 Å². The Morgan fingerprint density at radius 2 is 1.82 bits per heavy atom. The third-order valence-electron chi connectivity index (χ3n) is 3.98. The van der Waals surface area contributed by atoms with Crippen LogP contribution in [0.2, 0.25) is 5.02 Å². The lowest BCUT2D eigenvalue weighted by atomic mass is 10.1. The van der Waals surface area contributed by atoms with Gasteiger partial charge in [-0.1, -0.05) is 53.0 Å². The molecule has 3 heteroatoms. The van der Waals surface area contributed by atoms with E-state index in [1.54, 1.807) is 0 Å². The first-order valence-electron chi connectivity index (χ1n) is 7.69. The molecule has 0 bridgehead atoms. The van der Waals surface area contributed by atoms with E-state index in [1.807, 2.05) is 6.07 Å². The first-order valence-corrected chi connectivity index (χ1v) is 8.86. The maximum absolute atomic E-state index is 6.15. The summed E-state index contributed by atoms with van der Waals surface area (Å²) in [6, 6.07) is 17.0. The Hall–Kier alpha value is -1.25. The molecule has 0 aliphatic rings. The molecule has 3 aromatic rings. The lowest BCUT2D eigenvalue weighted by Crippen LogP contribution is -2.03. The number of rotatable bonds is 5. The normalized spacial score (nSPS) is 11.2. The van der Waals surface area contributed by atoms with Gasteiger partial charge in [-0.05, 0) is 48.4 Å². The summed E-state index contributed by atoms with van der Waals surface area (Å²) in [6.45, 7) is 3.30. The van der Waals surface area contributed by atoms with Crippen molar-refractivity contribution in [2.45, 2.75) is 32.7 Å². The van der Waals surface area contributed by atoms with Crippen LogP contribution in [0.1, 0.15) is 31.0 Å². The van der Waals surface area contributed by atoms with Crippen LogP contribution in [-0.4, -0.2) is 4.57 Å². The summed E-state index contributed by atoms with van der Waals surface area (Å²) >= 11 is 9.64. The Labute approximate surface area is 145 Å². The maximum atomic E-state index is 6.15. The van der Waals surface area contributed by atoms with Crippen molar-refractivity contribution in [2.24, 2.45) is 0 Å². The highest BCUT2D eigenvalue weighted by Crippen LogP contribution is 2.26. The molecule has 0 saturated heterocycles. The minimum atomic E-state index is 0.801. The van der Waals surface area contributed by atoms with Gasteiger partial charge in [-0.15, -0.1) is 0 Å². The molecule has 22 heavy (non-hydrogen) atoms. The van der Waals surface area contributed by atoms with Crippen LogP contribution in [-0.2, 0) is 13.0 Å². The van der Waals surface area contributed by atoms with Crippen molar-refractivity contribution in [2.75, 3.05) is 0 Å². The van der Waals surface area contributed by atoms with Crippen molar-refractivity contribution in [1.29, 1.82) is 0 Å². The molecule has 1 heterocycles. The summed E-state index contributed by atoms with van der Waals surface area (Å²) in [5, 5.41) is 2.03. The standard InChI is InChI=1S/C19H19BrClN/c1-2-3-10-22-18(11-14-4-6-16(20)7-5-14)13-15-12-17(21)8-9-19(15)22/h4-9,12-13H,2-3,10-11H2,1H3. The zero-order valence-electron chi connectivity index (χ0n) is 12.7. The molecule has 0 aliphatic heterocycles. The fourth-order valence-corrected chi connectivity index (χ4v) is 3.28. The summed E-state index contributed by atoms with van der Waals surface area (Å²) in [4.78, 5) is 0. The number of fused-ring (bicyclic) bond motifs is 1. The van der Waals surface area contributed by atoms with Crippen molar-refractivity contribution in [3.63, 3.8) is 0 Å². The van der Waals surface area contributed by atoms with Crippen molar-refractivity contribution in [1.82, 2.24) is 4.57 Å². The quantitative estimate of drug-likeness (QED) is 0.482. The number of aryl methyl sites for hydroxylation is 1. The van der Waals surface area contributed by atoms with Crippen LogP contribution in [0.25, 0.3) is 10.9 Å². The van der Waals surface area contributed by atoms with E-state index in [4.69, 9.17) is 11.6 Å². The van der Waals surface area contributed by atoms with Gasteiger partial charge in [0.25, 0.3) is 0 Å². The van der Waals surface area contributed by atoms with E-state index in [2.05, 4.69) is 69.9 Å². The van der Waals surface area contributed by atoms with Gasteiger partial charge in [0, 0.05) is 39.1 Å². The van der Waals surface area contributed by atoms with Gasteiger partial charge in [0.15, 0.2) is 0 Å². The van der Waals surface area contributed by atoms with E-state index < -0.39 is 0 Å². The molecule has 0 amide bonds. The average Bonchev–Trinajstić information content (AvgIpc) is 2.83. The molecule has 3 rings (SSSR count). The summed E-state index contributed by atoms with van der Waals surface area (Å²) in [7, 11) is 0. The minimum Gasteiger partial charge on any atom is -0.344 e. The van der Waals surface area contributed by atoms with Gasteiger partial charge in [0.1, 0.15) is 0 Å². The van der Waals surface area contributed by atoms with Crippen LogP contribution in [0.4, 0.5) is 0 Å². The molecule has 0 aliphatic carbocycles. The molecule has 2 aromatic carbocycles. The number of hydrogen-bond acceptors (Lipinski definition) is 0. The highest BCUT2D eigenvalue weighted by Gasteiger charge is 2.09. The van der Waals surface area contributed by atoms with Crippen LogP contribution in [0.15, 0.2) is 53.0 Å². The Balaban J connectivity index is 2.00. The molecule has 0 fully saturated rings. The average molecular weight is 377 g/mol. The lowest BCUT2D eigenvalue weighted by molar-refractivity contribution is 0.631. The van der Waals surface area contributed by atoms with Crippen molar-refractivity contribution >= 4 is 38.4 Å². The fraction of sp³-hybridized carbons (Fsp3) is 0.263. The topological polar surface area (TPSA) is 4.93 Å². The number of unbranched alkanes of at least 4 members (excludes halogenated alkanes) is 1. The summed E-state index contributed by atoms with van der Waals surface area (Å²) in [5.41, 5.74) is 3.97. The third-order valence-corrected chi connectivity index (χ3v) is 4.75. The van der Waals surface area contributed by atoms with Crippen LogP contribution >= 0.6 is 27.5 Å². The Morgan fingerprint density at radius 1 is 1.05 bits per heavy atom. The van der Waals surface area contributed by atoms with E-state index in [1.165, 1.54) is 35.0 Å². The van der Waals surface area contributed by atoms with Crippen LogP contribution in [0.5, 0.6) is 0 Å². The highest BCUT2D eigenvalue weighted by atomic mass is 79.9. The van der Waals surface area contributed by atoms with Crippen molar-refractivity contribution < 1.29 is 0 Å². The van der Waals surface area contributed by atoms with E-state index in [-0.39, 0.29) is 0 Å². The predicted molar refractivity (Wildman–Crippen MR) is 98.8 cm³/mol. The van der Waals surface area contributed by atoms with Gasteiger partial charge in [-0.3, -0.25) is 0 Å². The Kier molecular flexibility index (Phi) is 4.90. The van der Waals surface area contributed by atoms with Gasteiger partial charge in [-0.2, -0.15) is 0 Å². The van der Waals surface area contributed by atoms with E-state index >= 15 is 0 Å². The van der Waals surface area contributed by atoms with E-state index in [0.717, 1.165) is 22.5 Å². The summed E-state index contributed by atoms with van der Waals surface area (Å²) in [6.07, 6.45) is 3.34. The Morgan fingerprint density at radius 3 is 2.55 bits per heavy atom. The molecular weight excluding hydrogens is 358 g/mol. The highest BCUT2D eigenvalue weighted by molar-refractivity contribution is 9.10. The van der Waals surface area contributed by atoms with Gasteiger partial charge >= 0.3 is 0 Å². The first kappa shape index (κ1) is 15.6. The van der Waals surface area contributed by atoms with Crippen LogP contribution in [0, 0.1) is 0 Å². The van der Waals surface area contributed by atoms with Gasteiger partial charge in [-0.25, -0.2) is 0 Å². The molecule has 0 N–H and O–H groups in total. The summed E-state index contributed by atoms with van der Waals surface area (Å²) < 4.78 is 3.56. The molecular formula is C19H19BrClN. The molecule has 0 unspecified atom stereocenters. The van der Waals surface area contributed by atoms with Crippen molar-refractivity contribution in [3.05, 3.63) is 69.3 Å². The number of hydrogen-bond donors (Lipinski definition) is 0. The predicted octanol–water partition coefficient (Wildman–Crippen LogP) is 6.45. The molecule has 0 atom stereocenters. The monoisotopic (exact) mass is 375 g/mol. The molecule has 1 nitrogen and oxygen atoms in total. The third kappa shape index (κ3) is 3.39. The number of aromatic nitrogens is 1. The second kappa shape index (κ2) is 6.89. The SMILES string of the molecule is CCCCn1c(Cc2ccc(Br)cc2)cc2cc(Cl)ccc21. The number of nitrogens with zero attached hydrogens (tertiary/aromatic N) is 1.